The topological polar surface area (TPSA) is 24.6 Å². The summed E-state index contributed by atoms with van der Waals surface area (Å²) < 4.78 is 10.1. The van der Waals surface area contributed by atoms with Crippen LogP contribution in [-0.4, -0.2) is 4.57 Å². The number of anilines is 6. The largest absolute Gasteiger partial charge is 0.455 e. The van der Waals surface area contributed by atoms with Gasteiger partial charge in [0.05, 0.1) is 27.5 Å². The second-order valence-electron chi connectivity index (χ2n) is 31.7. The van der Waals surface area contributed by atoms with Gasteiger partial charge in [-0.25, -0.2) is 0 Å². The Bertz CT molecular complexity index is 5040. The van der Waals surface area contributed by atoms with E-state index in [9.17, 15) is 0 Å². The average Bonchev–Trinajstić information content (AvgIpc) is 1.52. The molecule has 1 aliphatic rings. The fraction of sp³-hybridized carbons (Fsp3) is 0.258. The van der Waals surface area contributed by atoms with Crippen molar-refractivity contribution >= 4 is 77.9 Å². The molecule has 0 fully saturated rings. The number of furan rings is 1. The summed E-state index contributed by atoms with van der Waals surface area (Å²) >= 11 is 0. The molecule has 0 spiro atoms. The van der Waals surface area contributed by atoms with Gasteiger partial charge in [0.1, 0.15) is 11.2 Å². The van der Waals surface area contributed by atoms with Gasteiger partial charge in [-0.05, 0) is 217 Å². The van der Waals surface area contributed by atoms with Crippen LogP contribution in [0.1, 0.15) is 165 Å². The lowest BCUT2D eigenvalue weighted by Gasteiger charge is -2.36. The Morgan fingerprint density at radius 2 is 0.796 bits per heavy atom. The first-order chi connectivity index (χ1) is 44.1. The first kappa shape index (κ1) is 61.1. The lowest BCUT2D eigenvalue weighted by molar-refractivity contribution is 0.589. The highest BCUT2D eigenvalue weighted by Crippen LogP contribution is 2.62. The summed E-state index contributed by atoms with van der Waals surface area (Å²) in [6, 6.07) is 88.7. The second kappa shape index (κ2) is 21.9. The van der Waals surface area contributed by atoms with Crippen molar-refractivity contribution in [3.05, 3.63) is 292 Å². The van der Waals surface area contributed by atoms with Gasteiger partial charge in [0.15, 0.2) is 0 Å². The minimum absolute atomic E-state index is 0.0126. The molecule has 0 aliphatic heterocycles. The summed E-state index contributed by atoms with van der Waals surface area (Å²) in [4.78, 5) is 4.97. The maximum atomic E-state index is 7.61. The molecule has 13 aromatic rings. The van der Waals surface area contributed by atoms with E-state index in [-0.39, 0.29) is 27.1 Å². The number of rotatable bonds is 9. The third-order valence-electron chi connectivity index (χ3n) is 20.0. The molecule has 0 N–H and O–H groups in total. The van der Waals surface area contributed by atoms with Gasteiger partial charge in [-0.1, -0.05) is 225 Å². The molecule has 0 saturated carbocycles. The monoisotopic (exact) mass is 1220 g/mol. The molecule has 14 rings (SSSR count). The highest BCUT2D eigenvalue weighted by Gasteiger charge is 2.49. The highest BCUT2D eigenvalue weighted by atomic mass is 16.3. The van der Waals surface area contributed by atoms with Crippen LogP contribution in [0.25, 0.3) is 60.6 Å². The maximum absolute atomic E-state index is 7.61. The van der Waals surface area contributed by atoms with Crippen LogP contribution in [0.4, 0.5) is 34.1 Å². The molecule has 1 aliphatic carbocycles. The predicted molar refractivity (Wildman–Crippen MR) is 398 cm³/mol. The quantitative estimate of drug-likeness (QED) is 0.144. The molecule has 0 bridgehead atoms. The summed E-state index contributed by atoms with van der Waals surface area (Å²) in [6.07, 6.45) is 0. The van der Waals surface area contributed by atoms with Gasteiger partial charge < -0.3 is 18.8 Å². The summed E-state index contributed by atoms with van der Waals surface area (Å²) in [5.74, 6) is 0. The van der Waals surface area contributed by atoms with Gasteiger partial charge in [-0.15, -0.1) is 0 Å². The normalized spacial score (nSPS) is 14.5. The van der Waals surface area contributed by atoms with Gasteiger partial charge in [-0.3, -0.25) is 0 Å². The number of aromatic nitrogens is 1. The smallest absolute Gasteiger partial charge is 0.145 e. The van der Waals surface area contributed by atoms with Gasteiger partial charge in [-0.2, -0.15) is 0 Å². The van der Waals surface area contributed by atoms with Gasteiger partial charge in [0.25, 0.3) is 0 Å². The second-order valence-corrected chi connectivity index (χ2v) is 31.7. The Labute approximate surface area is 552 Å². The Morgan fingerprint density at radius 3 is 1.34 bits per heavy atom. The molecule has 4 heteroatoms. The zero-order valence-electron chi connectivity index (χ0n) is 57.7. The highest BCUT2D eigenvalue weighted by molar-refractivity contribution is 6.20. The molecular weight excluding hydrogens is 1130 g/mol. The SMILES string of the molecule is Cc1cccc(N(c2ccc(C(C)(C)C)cc2)c2ccc3c(c2)C(c2ccc(C(C)(C)C)cc2)(c2ccc4c(c2)c2cc(C(C)(C)C)ccc2n4-c2ccc(C(C)(C)C)cc2)c2cc(N(c4ccc(C(C)(C)C)cc4)c4cccc(C)c4)c4c(oc5ccccc54)c2-3)c1. The molecule has 0 amide bonds. The molecule has 1 atom stereocenters. The summed E-state index contributed by atoms with van der Waals surface area (Å²) in [5, 5.41) is 4.58. The van der Waals surface area contributed by atoms with Crippen LogP contribution < -0.4 is 9.80 Å². The molecule has 11 aromatic carbocycles. The third-order valence-corrected chi connectivity index (χ3v) is 20.0. The van der Waals surface area contributed by atoms with E-state index in [1.54, 1.807) is 0 Å². The van der Waals surface area contributed by atoms with Gasteiger partial charge >= 0.3 is 0 Å². The summed E-state index contributed by atoms with van der Waals surface area (Å²) in [7, 11) is 0. The molecule has 466 valence electrons. The van der Waals surface area contributed by atoms with Crippen molar-refractivity contribution in [1.82, 2.24) is 4.57 Å². The van der Waals surface area contributed by atoms with Crippen LogP contribution >= 0.6 is 0 Å². The number of hydrogen-bond donors (Lipinski definition) is 0. The Hall–Kier alpha value is -9.38. The van der Waals surface area contributed by atoms with Crippen molar-refractivity contribution < 1.29 is 4.42 Å². The lowest BCUT2D eigenvalue weighted by atomic mass is 9.66. The van der Waals surface area contributed by atoms with E-state index in [4.69, 9.17) is 4.42 Å². The zero-order chi connectivity index (χ0) is 65.5. The van der Waals surface area contributed by atoms with Gasteiger partial charge in [0, 0.05) is 55.8 Å². The predicted octanol–water partition coefficient (Wildman–Crippen LogP) is 25.1. The Kier molecular flexibility index (Phi) is 14.4. The molecular formula is C89H89N3O. The zero-order valence-corrected chi connectivity index (χ0v) is 57.7. The van der Waals surface area contributed by atoms with Crippen LogP contribution in [0.5, 0.6) is 0 Å². The van der Waals surface area contributed by atoms with E-state index >= 15 is 0 Å². The van der Waals surface area contributed by atoms with Crippen molar-refractivity contribution in [2.75, 3.05) is 9.80 Å². The minimum atomic E-state index is -0.944. The van der Waals surface area contributed by atoms with E-state index in [0.717, 1.165) is 84.0 Å². The van der Waals surface area contributed by atoms with E-state index in [1.165, 1.54) is 71.9 Å². The molecule has 1 unspecified atom stereocenters. The number of hydrogen-bond acceptors (Lipinski definition) is 3. The first-order valence-corrected chi connectivity index (χ1v) is 33.5. The van der Waals surface area contributed by atoms with E-state index < -0.39 is 5.41 Å². The van der Waals surface area contributed by atoms with Crippen molar-refractivity contribution in [3.8, 4) is 16.8 Å². The first-order valence-electron chi connectivity index (χ1n) is 33.5. The number of fused-ring (bicyclic) bond motifs is 10. The van der Waals surface area contributed by atoms with E-state index in [0.29, 0.717) is 0 Å². The standard InChI is InChI=1S/C89H89N3O/c1-56-22-20-24-68(50-56)90(65-40-32-59(33-41-65)85(6,7)8)70-46-47-71-75(54-70)89(62-30-28-58(29-31-62)84(3,4)5,64-39-49-78-74(53-64)73-52-63(88(15,16)17)38-48-77(73)92(78)67-44-36-61(37-45-67)87(12,13)14)76-55-79(82-72-26-18-19-27-80(72)93-83(82)81(71)76)91(69-25-21-23-57(2)51-69)66-42-34-60(35-43-66)86(9,10)11/h18-55H,1-17H3. The van der Waals surface area contributed by atoms with Crippen LogP contribution in [-0.2, 0) is 32.5 Å². The summed E-state index contributed by atoms with van der Waals surface area (Å²) in [6.45, 7) is 39.0. The van der Waals surface area contributed by atoms with Crippen molar-refractivity contribution in [1.29, 1.82) is 0 Å². The Morgan fingerprint density at radius 1 is 0.344 bits per heavy atom. The van der Waals surface area contributed by atoms with Crippen LogP contribution in [0.3, 0.4) is 0 Å². The Balaban J connectivity index is 1.16. The lowest BCUT2D eigenvalue weighted by Crippen LogP contribution is -2.29. The number of para-hydroxylation sites is 1. The van der Waals surface area contributed by atoms with E-state index in [1.807, 2.05) is 0 Å². The fourth-order valence-electron chi connectivity index (χ4n) is 14.7. The molecule has 2 heterocycles. The molecule has 0 radical (unpaired) electrons. The number of nitrogens with zero attached hydrogens (tertiary/aromatic N) is 3. The maximum Gasteiger partial charge on any atom is 0.145 e. The number of benzene rings is 11. The van der Waals surface area contributed by atoms with Crippen LogP contribution in [0.15, 0.2) is 235 Å². The fourth-order valence-corrected chi connectivity index (χ4v) is 14.7. The van der Waals surface area contributed by atoms with E-state index in [2.05, 4.69) is 363 Å². The third kappa shape index (κ3) is 10.5. The van der Waals surface area contributed by atoms with Crippen molar-refractivity contribution in [3.63, 3.8) is 0 Å². The van der Waals surface area contributed by atoms with Crippen molar-refractivity contribution in [2.24, 2.45) is 0 Å². The van der Waals surface area contributed by atoms with Crippen LogP contribution in [0, 0.1) is 13.8 Å². The number of aryl methyl sites for hydroxylation is 2. The van der Waals surface area contributed by atoms with Crippen molar-refractivity contribution in [2.45, 2.75) is 150 Å². The van der Waals surface area contributed by atoms with Gasteiger partial charge in [0.2, 0.25) is 0 Å². The minimum Gasteiger partial charge on any atom is -0.455 e. The molecule has 0 saturated heterocycles. The average molecular weight is 1220 g/mol. The molecule has 2 aromatic heterocycles. The molecule has 93 heavy (non-hydrogen) atoms. The molecule has 4 nitrogen and oxygen atoms in total. The van der Waals surface area contributed by atoms with Crippen LogP contribution in [0.2, 0.25) is 0 Å². The summed E-state index contributed by atoms with van der Waals surface area (Å²) in [5.41, 5.74) is 26.3.